The van der Waals surface area contributed by atoms with E-state index in [-0.39, 0.29) is 57.7 Å². The summed E-state index contributed by atoms with van der Waals surface area (Å²) in [6, 6.07) is 7.19. The highest BCUT2D eigenvalue weighted by atomic mass is 79.9. The Bertz CT molecular complexity index is 1840. The molecule has 3 amide bonds. The number of carbonyl (C=O) groups excluding carboxylic acids is 3. The molecule has 11 nitrogen and oxygen atoms in total. The molecule has 2 aromatic carbocycles. The van der Waals surface area contributed by atoms with E-state index in [1.807, 2.05) is 13.8 Å². The van der Waals surface area contributed by atoms with Crippen molar-refractivity contribution in [2.75, 3.05) is 27.1 Å². The summed E-state index contributed by atoms with van der Waals surface area (Å²) in [5.74, 6) is -1.10. The van der Waals surface area contributed by atoms with Crippen molar-refractivity contribution in [3.05, 3.63) is 75.5 Å². The molecule has 1 N–H and O–H groups in total. The summed E-state index contributed by atoms with van der Waals surface area (Å²) in [6.45, 7) is 6.49. The van der Waals surface area contributed by atoms with Crippen molar-refractivity contribution >= 4 is 33.7 Å². The molecular formula is C36H38BrF6N3O8. The second kappa shape index (κ2) is 16.5. The topological polar surface area (TPSA) is 126 Å². The number of hydrogen-bond acceptors (Lipinski definition) is 9. The van der Waals surface area contributed by atoms with E-state index in [1.54, 1.807) is 19.9 Å². The fourth-order valence-electron chi connectivity index (χ4n) is 5.73. The van der Waals surface area contributed by atoms with Crippen LogP contribution in [0.4, 0.5) is 31.1 Å². The van der Waals surface area contributed by atoms with Crippen molar-refractivity contribution in [3.63, 3.8) is 0 Å². The molecule has 1 atom stereocenters. The van der Waals surface area contributed by atoms with Crippen molar-refractivity contribution in [1.29, 1.82) is 0 Å². The van der Waals surface area contributed by atoms with Crippen LogP contribution in [0, 0.1) is 0 Å². The number of ether oxygens (including phenoxy) is 5. The quantitative estimate of drug-likeness (QED) is 0.0656. The minimum atomic E-state index is -5.92. The summed E-state index contributed by atoms with van der Waals surface area (Å²) < 4.78 is 112. The Labute approximate surface area is 315 Å². The highest BCUT2D eigenvalue weighted by Gasteiger charge is 2.73. The minimum Gasteiger partial charge on any atom is -0.493 e. The van der Waals surface area contributed by atoms with Crippen molar-refractivity contribution < 1.29 is 64.4 Å². The number of hydrogen-bond donors (Lipinski definition) is 1. The molecule has 0 saturated carbocycles. The molecule has 0 radical (unpaired) electrons. The lowest BCUT2D eigenvalue weighted by Gasteiger charge is -2.37. The second-order valence-electron chi connectivity index (χ2n) is 12.5. The fourth-order valence-corrected chi connectivity index (χ4v) is 6.15. The number of benzene rings is 2. The minimum absolute atomic E-state index is 0.00269. The first kappa shape index (κ1) is 42.3. The molecule has 1 aliphatic heterocycles. The van der Waals surface area contributed by atoms with Gasteiger partial charge in [-0.15, -0.1) is 0 Å². The summed E-state index contributed by atoms with van der Waals surface area (Å²) in [7, 11) is 0.894. The molecule has 1 fully saturated rings. The number of ketones is 1. The van der Waals surface area contributed by atoms with Crippen LogP contribution in [0.3, 0.4) is 0 Å². The highest BCUT2D eigenvalue weighted by Crippen LogP contribution is 2.53. The van der Waals surface area contributed by atoms with Gasteiger partial charge in [-0.2, -0.15) is 26.3 Å². The van der Waals surface area contributed by atoms with Gasteiger partial charge in [-0.05, 0) is 85.9 Å². The molecule has 294 valence electrons. The third-order valence-corrected chi connectivity index (χ3v) is 8.85. The number of pyridine rings is 1. The molecule has 3 aromatic rings. The zero-order valence-corrected chi connectivity index (χ0v) is 31.6. The average Bonchev–Trinajstić information content (AvgIpc) is 3.29. The number of urea groups is 1. The first-order chi connectivity index (χ1) is 25.2. The Balaban J connectivity index is 1.65. The number of nitrogens with zero attached hydrogens (tertiary/aromatic N) is 2. The van der Waals surface area contributed by atoms with E-state index in [4.69, 9.17) is 14.2 Å². The lowest BCUT2D eigenvalue weighted by molar-refractivity contribution is -0.400. The lowest BCUT2D eigenvalue weighted by Crippen LogP contribution is -2.56. The van der Waals surface area contributed by atoms with E-state index in [9.17, 15) is 40.7 Å². The molecule has 1 saturated heterocycles. The first-order valence-corrected chi connectivity index (χ1v) is 17.4. The molecule has 1 aromatic heterocycles. The van der Waals surface area contributed by atoms with Crippen LogP contribution >= 0.6 is 15.9 Å². The normalized spacial score (nSPS) is 16.5. The number of amides is 3. The van der Waals surface area contributed by atoms with Crippen LogP contribution in [-0.4, -0.2) is 73.1 Å². The fraction of sp³-hybridized carbons (Fsp3) is 0.444. The summed E-state index contributed by atoms with van der Waals surface area (Å²) in [5, 5.41) is 2.59. The monoisotopic (exact) mass is 833 g/mol. The van der Waals surface area contributed by atoms with Crippen LogP contribution in [0.1, 0.15) is 68.2 Å². The van der Waals surface area contributed by atoms with Gasteiger partial charge in [0, 0.05) is 18.7 Å². The zero-order valence-electron chi connectivity index (χ0n) is 30.0. The van der Waals surface area contributed by atoms with Crippen molar-refractivity contribution in [3.8, 4) is 23.0 Å². The molecule has 0 spiro atoms. The number of Topliss-reactive ketones (excluding diaryl/α,β-unsaturated/α-hetero) is 1. The van der Waals surface area contributed by atoms with Gasteiger partial charge in [-0.1, -0.05) is 19.4 Å². The molecule has 1 unspecified atom stereocenters. The number of carbonyl (C=O) groups is 3. The predicted octanol–water partition coefficient (Wildman–Crippen LogP) is 8.37. The zero-order chi connectivity index (χ0) is 40.2. The van der Waals surface area contributed by atoms with Gasteiger partial charge < -0.3 is 29.0 Å². The van der Waals surface area contributed by atoms with Crippen molar-refractivity contribution in [1.82, 2.24) is 15.2 Å². The van der Waals surface area contributed by atoms with Crippen molar-refractivity contribution in [2.24, 2.45) is 0 Å². The Morgan fingerprint density at radius 2 is 1.67 bits per heavy atom. The van der Waals surface area contributed by atoms with E-state index in [1.165, 1.54) is 31.3 Å². The summed E-state index contributed by atoms with van der Waals surface area (Å²) in [4.78, 5) is 45.2. The number of rotatable bonds is 16. The van der Waals surface area contributed by atoms with Crippen LogP contribution in [-0.2, 0) is 31.8 Å². The number of methoxy groups -OCH3 is 1. The number of alkyl halides is 6. The predicted molar refractivity (Wildman–Crippen MR) is 184 cm³/mol. The molecule has 18 heteroatoms. The van der Waals surface area contributed by atoms with E-state index in [2.05, 4.69) is 35.7 Å². The van der Waals surface area contributed by atoms with Crippen LogP contribution in [0.25, 0.3) is 0 Å². The van der Waals surface area contributed by atoms with Gasteiger partial charge in [-0.3, -0.25) is 19.5 Å². The largest absolute Gasteiger partial charge is 0.493 e. The third kappa shape index (κ3) is 8.44. The molecule has 4 rings (SSSR count). The van der Waals surface area contributed by atoms with Crippen LogP contribution in [0.2, 0.25) is 0 Å². The Morgan fingerprint density at radius 1 is 0.981 bits per heavy atom. The Hall–Kier alpha value is -4.42. The molecule has 1 aliphatic rings. The maximum Gasteiger partial charge on any atom is 0.430 e. The van der Waals surface area contributed by atoms with E-state index in [0.717, 1.165) is 24.1 Å². The number of nitrogens with one attached hydrogen (secondary N) is 1. The molecular weight excluding hydrogens is 796 g/mol. The number of aromatic nitrogens is 1. The molecule has 54 heavy (non-hydrogen) atoms. The standard InChI is InChI=1S/C36H38BrF6N3O8/c1-7-9-21-14-22(34(35(38,39)40,36(41,42)43)52-19-50-6)10-12-27(21)54-29-16-28(51-8-2)24(15-25(29)37)26(47)18-46-31(48)33(5,45-32(46)49)30-13-11-23(17-44-30)53-20(3)4/h10-17,20H,7-9,18-19H2,1-6H3,(H,45,49). The average molecular weight is 835 g/mol. The lowest BCUT2D eigenvalue weighted by atomic mass is 9.89. The van der Waals surface area contributed by atoms with Gasteiger partial charge in [0.2, 0.25) is 0 Å². The Morgan fingerprint density at radius 3 is 2.22 bits per heavy atom. The smallest absolute Gasteiger partial charge is 0.430 e. The summed E-state index contributed by atoms with van der Waals surface area (Å²) in [5.41, 5.74) is -7.36. The van der Waals surface area contributed by atoms with E-state index in [0.29, 0.717) is 18.2 Å². The maximum absolute atomic E-state index is 14.2. The summed E-state index contributed by atoms with van der Waals surface area (Å²) >= 11 is 3.31. The van der Waals surface area contributed by atoms with Crippen LogP contribution in [0.5, 0.6) is 23.0 Å². The number of imide groups is 1. The number of aryl methyl sites for hydroxylation is 1. The molecule has 0 aliphatic carbocycles. The molecule has 2 heterocycles. The van der Waals surface area contributed by atoms with Gasteiger partial charge >= 0.3 is 18.4 Å². The number of halogens is 7. The first-order valence-electron chi connectivity index (χ1n) is 16.6. The van der Waals surface area contributed by atoms with Crippen molar-refractivity contribution in [2.45, 2.75) is 77.1 Å². The van der Waals surface area contributed by atoms with Gasteiger partial charge in [-0.25, -0.2) is 4.79 Å². The highest BCUT2D eigenvalue weighted by molar-refractivity contribution is 9.10. The van der Waals surface area contributed by atoms with Gasteiger partial charge in [0.15, 0.2) is 11.3 Å². The van der Waals surface area contributed by atoms with Gasteiger partial charge in [0.25, 0.3) is 11.5 Å². The third-order valence-electron chi connectivity index (χ3n) is 8.23. The Kier molecular flexibility index (Phi) is 13.0. The second-order valence-corrected chi connectivity index (χ2v) is 13.4. The maximum atomic E-state index is 14.2. The van der Waals surface area contributed by atoms with Gasteiger partial charge in [0.1, 0.15) is 29.8 Å². The SMILES string of the molecule is CCCc1cc(C(OCOC)(C(F)(F)F)C(F)(F)F)ccc1Oc1cc(OCC)c(C(=O)CN2C(=O)NC(C)(c3ccc(OC(C)C)cn3)C2=O)cc1Br. The molecule has 0 bridgehead atoms. The van der Waals surface area contributed by atoms with Crippen LogP contribution in [0.15, 0.2) is 53.1 Å². The van der Waals surface area contributed by atoms with E-state index < -0.39 is 60.1 Å². The summed E-state index contributed by atoms with van der Waals surface area (Å²) in [6.07, 6.45) is -10.2. The van der Waals surface area contributed by atoms with E-state index >= 15 is 0 Å². The van der Waals surface area contributed by atoms with Gasteiger partial charge in [0.05, 0.1) is 41.2 Å². The van der Waals surface area contributed by atoms with Crippen LogP contribution < -0.4 is 19.5 Å².